The first kappa shape index (κ1) is 18.5. The Morgan fingerprint density at radius 1 is 1.19 bits per heavy atom. The van der Waals surface area contributed by atoms with Gasteiger partial charge in [-0.1, -0.05) is 29.8 Å². The Balaban J connectivity index is 1.44. The number of methoxy groups -OCH3 is 1. The van der Waals surface area contributed by atoms with Crippen LogP contribution in [0.2, 0.25) is 5.02 Å². The molecule has 26 heavy (non-hydrogen) atoms. The Hall–Kier alpha value is -2.34. The molecule has 0 atom stereocenters. The van der Waals surface area contributed by atoms with Crippen molar-refractivity contribution in [1.82, 2.24) is 15.3 Å². The zero-order valence-electron chi connectivity index (χ0n) is 14.7. The molecule has 0 aliphatic heterocycles. The van der Waals surface area contributed by atoms with E-state index in [4.69, 9.17) is 21.1 Å². The second-order valence-electron chi connectivity index (χ2n) is 6.33. The van der Waals surface area contributed by atoms with Gasteiger partial charge in [0.05, 0.1) is 25.9 Å². The second kappa shape index (κ2) is 8.85. The summed E-state index contributed by atoms with van der Waals surface area (Å²) in [7, 11) is 1.55. The number of halogens is 1. The van der Waals surface area contributed by atoms with Crippen molar-refractivity contribution in [3.63, 3.8) is 0 Å². The molecule has 1 aliphatic rings. The van der Waals surface area contributed by atoms with Crippen LogP contribution in [0.4, 0.5) is 0 Å². The number of amides is 1. The summed E-state index contributed by atoms with van der Waals surface area (Å²) in [5, 5.41) is 3.72. The first-order valence-electron chi connectivity index (χ1n) is 8.69. The lowest BCUT2D eigenvalue weighted by atomic mass is 9.92. The largest absolute Gasteiger partial charge is 0.480 e. The Kier molecular flexibility index (Phi) is 6.28. The number of hydrogen-bond acceptors (Lipinski definition) is 5. The lowest BCUT2D eigenvalue weighted by Crippen LogP contribution is -2.40. The van der Waals surface area contributed by atoms with Crippen LogP contribution in [0.1, 0.15) is 31.2 Å². The number of carbonyl (C=O) groups is 1. The van der Waals surface area contributed by atoms with Crippen LogP contribution in [-0.2, 0) is 11.2 Å². The number of hydrogen-bond donors (Lipinski definition) is 1. The summed E-state index contributed by atoms with van der Waals surface area (Å²) < 4.78 is 10.9. The van der Waals surface area contributed by atoms with E-state index in [0.717, 1.165) is 31.2 Å². The van der Waals surface area contributed by atoms with Gasteiger partial charge in [0.2, 0.25) is 17.7 Å². The van der Waals surface area contributed by atoms with Gasteiger partial charge in [0.25, 0.3) is 0 Å². The first-order chi connectivity index (χ1) is 12.6. The summed E-state index contributed by atoms with van der Waals surface area (Å²) in [6, 6.07) is 7.59. The predicted molar refractivity (Wildman–Crippen MR) is 98.6 cm³/mol. The van der Waals surface area contributed by atoms with Crippen molar-refractivity contribution >= 4 is 17.5 Å². The minimum atomic E-state index is 0.00105. The molecule has 1 amide bonds. The smallest absolute Gasteiger partial charge is 0.235 e. The second-order valence-corrected chi connectivity index (χ2v) is 6.73. The van der Waals surface area contributed by atoms with Crippen molar-refractivity contribution in [2.45, 2.75) is 44.2 Å². The molecular weight excluding hydrogens is 354 g/mol. The fourth-order valence-corrected chi connectivity index (χ4v) is 3.28. The van der Waals surface area contributed by atoms with Crippen LogP contribution in [0.5, 0.6) is 11.8 Å². The Morgan fingerprint density at radius 2 is 1.92 bits per heavy atom. The van der Waals surface area contributed by atoms with Gasteiger partial charge < -0.3 is 14.8 Å². The van der Waals surface area contributed by atoms with E-state index in [9.17, 15) is 4.79 Å². The summed E-state index contributed by atoms with van der Waals surface area (Å²) in [4.78, 5) is 20.5. The van der Waals surface area contributed by atoms with Crippen LogP contribution in [-0.4, -0.2) is 35.1 Å². The average Bonchev–Trinajstić information content (AvgIpc) is 2.65. The van der Waals surface area contributed by atoms with E-state index >= 15 is 0 Å². The van der Waals surface area contributed by atoms with Crippen LogP contribution < -0.4 is 14.8 Å². The highest BCUT2D eigenvalue weighted by molar-refractivity contribution is 6.31. The number of ether oxygens (including phenoxy) is 2. The molecule has 2 aromatic rings. The molecule has 0 spiro atoms. The van der Waals surface area contributed by atoms with Gasteiger partial charge >= 0.3 is 0 Å². The van der Waals surface area contributed by atoms with E-state index in [2.05, 4.69) is 15.3 Å². The number of benzene rings is 1. The normalized spacial score (nSPS) is 19.6. The van der Waals surface area contributed by atoms with E-state index in [1.807, 2.05) is 18.2 Å². The van der Waals surface area contributed by atoms with Gasteiger partial charge in [-0.25, -0.2) is 0 Å². The Bertz CT molecular complexity index is 748. The highest BCUT2D eigenvalue weighted by Crippen LogP contribution is 2.24. The standard InChI is InChI=1S/C19H22ClN3O3/c1-25-18-11-21-12-19(23-18)26-15-8-6-14(7-9-15)22-17(24)10-13-4-2-3-5-16(13)20/h2-5,11-12,14-15H,6-10H2,1H3,(H,22,24). The molecule has 1 aliphatic carbocycles. The zero-order valence-corrected chi connectivity index (χ0v) is 15.4. The van der Waals surface area contributed by atoms with Crippen LogP contribution in [0.15, 0.2) is 36.7 Å². The fraction of sp³-hybridized carbons (Fsp3) is 0.421. The molecule has 0 saturated heterocycles. The van der Waals surface area contributed by atoms with Crippen molar-refractivity contribution in [2.24, 2.45) is 0 Å². The predicted octanol–water partition coefficient (Wildman–Crippen LogP) is 3.19. The lowest BCUT2D eigenvalue weighted by Gasteiger charge is -2.29. The molecule has 1 N–H and O–H groups in total. The van der Waals surface area contributed by atoms with Crippen molar-refractivity contribution in [2.75, 3.05) is 7.11 Å². The van der Waals surface area contributed by atoms with Gasteiger partial charge in [-0.2, -0.15) is 4.98 Å². The van der Waals surface area contributed by atoms with E-state index in [0.29, 0.717) is 23.2 Å². The quantitative estimate of drug-likeness (QED) is 0.839. The number of aromatic nitrogens is 2. The fourth-order valence-electron chi connectivity index (χ4n) is 3.08. The van der Waals surface area contributed by atoms with E-state index in [1.54, 1.807) is 19.4 Å². The monoisotopic (exact) mass is 375 g/mol. The Labute approximate surface area is 157 Å². The van der Waals surface area contributed by atoms with Crippen LogP contribution in [0.25, 0.3) is 0 Å². The molecule has 1 fully saturated rings. The topological polar surface area (TPSA) is 73.3 Å². The summed E-state index contributed by atoms with van der Waals surface area (Å²) in [5.74, 6) is 0.903. The van der Waals surface area contributed by atoms with Gasteiger partial charge in [-0.05, 0) is 37.3 Å². The number of carbonyl (C=O) groups excluding carboxylic acids is 1. The van der Waals surface area contributed by atoms with Crippen molar-refractivity contribution in [3.8, 4) is 11.8 Å². The molecule has 1 aromatic heterocycles. The molecule has 1 saturated carbocycles. The molecule has 0 radical (unpaired) electrons. The number of rotatable bonds is 6. The van der Waals surface area contributed by atoms with Crippen molar-refractivity contribution < 1.29 is 14.3 Å². The van der Waals surface area contributed by atoms with Crippen LogP contribution in [0, 0.1) is 0 Å². The summed E-state index contributed by atoms with van der Waals surface area (Å²) in [6.07, 6.45) is 6.96. The number of nitrogens with one attached hydrogen (secondary N) is 1. The van der Waals surface area contributed by atoms with Gasteiger partial charge in [0.1, 0.15) is 6.10 Å². The van der Waals surface area contributed by atoms with Gasteiger partial charge in [0.15, 0.2) is 0 Å². The third kappa shape index (κ3) is 5.08. The maximum absolute atomic E-state index is 12.2. The van der Waals surface area contributed by atoms with Gasteiger partial charge in [-0.15, -0.1) is 0 Å². The minimum Gasteiger partial charge on any atom is -0.480 e. The Morgan fingerprint density at radius 3 is 2.65 bits per heavy atom. The highest BCUT2D eigenvalue weighted by Gasteiger charge is 2.24. The third-order valence-electron chi connectivity index (χ3n) is 4.44. The number of nitrogens with zero attached hydrogens (tertiary/aromatic N) is 2. The van der Waals surface area contributed by atoms with Crippen molar-refractivity contribution in [3.05, 3.63) is 47.2 Å². The van der Waals surface area contributed by atoms with Crippen LogP contribution in [0.3, 0.4) is 0 Å². The molecular formula is C19H22ClN3O3. The molecule has 0 bridgehead atoms. The molecule has 7 heteroatoms. The first-order valence-corrected chi connectivity index (χ1v) is 9.07. The van der Waals surface area contributed by atoms with E-state index in [-0.39, 0.29) is 18.1 Å². The highest BCUT2D eigenvalue weighted by atomic mass is 35.5. The maximum atomic E-state index is 12.2. The molecule has 1 heterocycles. The molecule has 138 valence electrons. The van der Waals surface area contributed by atoms with E-state index in [1.165, 1.54) is 6.20 Å². The maximum Gasteiger partial charge on any atom is 0.235 e. The lowest BCUT2D eigenvalue weighted by molar-refractivity contribution is -0.121. The average molecular weight is 376 g/mol. The van der Waals surface area contributed by atoms with E-state index < -0.39 is 0 Å². The summed E-state index contributed by atoms with van der Waals surface area (Å²) >= 11 is 6.11. The molecule has 6 nitrogen and oxygen atoms in total. The molecule has 0 unspecified atom stereocenters. The summed E-state index contributed by atoms with van der Waals surface area (Å²) in [5.41, 5.74) is 0.847. The zero-order chi connectivity index (χ0) is 18.4. The molecule has 1 aromatic carbocycles. The van der Waals surface area contributed by atoms with Crippen LogP contribution >= 0.6 is 11.6 Å². The third-order valence-corrected chi connectivity index (χ3v) is 4.80. The molecule has 3 rings (SSSR count). The van der Waals surface area contributed by atoms with Crippen molar-refractivity contribution in [1.29, 1.82) is 0 Å². The van der Waals surface area contributed by atoms with Gasteiger partial charge in [-0.3, -0.25) is 9.78 Å². The summed E-state index contributed by atoms with van der Waals surface area (Å²) in [6.45, 7) is 0. The van der Waals surface area contributed by atoms with Gasteiger partial charge in [0, 0.05) is 11.1 Å². The minimum absolute atomic E-state index is 0.00105. The SMILES string of the molecule is COc1cncc(OC2CCC(NC(=O)Cc3ccccc3Cl)CC2)n1.